The third-order valence-corrected chi connectivity index (χ3v) is 2.08. The summed E-state index contributed by atoms with van der Waals surface area (Å²) in [6.07, 6.45) is -0.215. The SMILES string of the molecule is O=C([O-])CCn1nnc(-c2ccccc2F)n1. The van der Waals surface area contributed by atoms with E-state index in [-0.39, 0.29) is 24.4 Å². The van der Waals surface area contributed by atoms with Crippen LogP contribution in [0.4, 0.5) is 4.39 Å². The Kier molecular flexibility index (Phi) is 3.08. The molecule has 7 heteroatoms. The first-order valence-corrected chi connectivity index (χ1v) is 4.89. The maximum Gasteiger partial charge on any atom is 0.207 e. The first-order valence-electron chi connectivity index (χ1n) is 4.89. The van der Waals surface area contributed by atoms with Crippen molar-refractivity contribution in [3.63, 3.8) is 0 Å². The van der Waals surface area contributed by atoms with E-state index in [0.717, 1.165) is 4.80 Å². The highest BCUT2D eigenvalue weighted by molar-refractivity contribution is 5.64. The highest BCUT2D eigenvalue weighted by Gasteiger charge is 2.09. The van der Waals surface area contributed by atoms with Crippen LogP contribution in [0.1, 0.15) is 6.42 Å². The summed E-state index contributed by atoms with van der Waals surface area (Å²) in [7, 11) is 0. The van der Waals surface area contributed by atoms with E-state index in [1.54, 1.807) is 12.1 Å². The summed E-state index contributed by atoms with van der Waals surface area (Å²) in [5.74, 6) is -1.52. The Morgan fingerprint density at radius 3 is 2.88 bits per heavy atom. The van der Waals surface area contributed by atoms with Gasteiger partial charge >= 0.3 is 0 Å². The number of aryl methyl sites for hydroxylation is 1. The lowest BCUT2D eigenvalue weighted by atomic mass is 10.2. The van der Waals surface area contributed by atoms with Crippen LogP contribution < -0.4 is 5.11 Å². The first kappa shape index (κ1) is 11.2. The van der Waals surface area contributed by atoms with Gasteiger partial charge in [0.1, 0.15) is 5.82 Å². The molecule has 2 aromatic rings. The maximum absolute atomic E-state index is 13.4. The molecule has 1 aromatic heterocycles. The molecular weight excluding hydrogens is 227 g/mol. The smallest absolute Gasteiger partial charge is 0.207 e. The molecule has 0 fully saturated rings. The molecular formula is C10H8FN4O2-. The second kappa shape index (κ2) is 4.69. The zero-order valence-electron chi connectivity index (χ0n) is 8.71. The number of tetrazole rings is 1. The van der Waals surface area contributed by atoms with Crippen LogP contribution in [-0.2, 0) is 11.3 Å². The van der Waals surface area contributed by atoms with Crippen LogP contribution in [0.15, 0.2) is 24.3 Å². The van der Waals surface area contributed by atoms with Crippen LogP contribution in [0.2, 0.25) is 0 Å². The Morgan fingerprint density at radius 1 is 1.41 bits per heavy atom. The molecule has 2 rings (SSSR count). The number of aliphatic carboxylic acids is 1. The Bertz CT molecular complexity index is 541. The van der Waals surface area contributed by atoms with E-state index >= 15 is 0 Å². The van der Waals surface area contributed by atoms with E-state index in [4.69, 9.17) is 0 Å². The molecule has 0 atom stereocenters. The number of hydrogen-bond acceptors (Lipinski definition) is 5. The summed E-state index contributed by atoms with van der Waals surface area (Å²) in [6.45, 7) is 0.0454. The summed E-state index contributed by atoms with van der Waals surface area (Å²) < 4.78 is 13.4. The molecule has 6 nitrogen and oxygen atoms in total. The van der Waals surface area contributed by atoms with Gasteiger partial charge in [0, 0.05) is 12.4 Å². The molecule has 0 spiro atoms. The third-order valence-electron chi connectivity index (χ3n) is 2.08. The maximum atomic E-state index is 13.4. The van der Waals surface area contributed by atoms with Gasteiger partial charge in [-0.2, -0.15) is 4.80 Å². The number of carboxylic acid groups (broad SMARTS) is 1. The summed E-state index contributed by atoms with van der Waals surface area (Å²) in [5.41, 5.74) is 0.229. The fourth-order valence-corrected chi connectivity index (χ4v) is 1.28. The van der Waals surface area contributed by atoms with E-state index < -0.39 is 11.8 Å². The van der Waals surface area contributed by atoms with Crippen molar-refractivity contribution in [1.82, 2.24) is 20.2 Å². The van der Waals surface area contributed by atoms with Gasteiger partial charge in [0.25, 0.3) is 0 Å². The van der Waals surface area contributed by atoms with Crippen molar-refractivity contribution in [3.8, 4) is 11.4 Å². The average molecular weight is 235 g/mol. The highest BCUT2D eigenvalue weighted by atomic mass is 19.1. The van der Waals surface area contributed by atoms with Crippen molar-refractivity contribution in [1.29, 1.82) is 0 Å². The van der Waals surface area contributed by atoms with Gasteiger partial charge < -0.3 is 9.90 Å². The van der Waals surface area contributed by atoms with E-state index in [2.05, 4.69) is 15.4 Å². The van der Waals surface area contributed by atoms with Crippen LogP contribution in [0.3, 0.4) is 0 Å². The van der Waals surface area contributed by atoms with Crippen LogP contribution in [0.5, 0.6) is 0 Å². The van der Waals surface area contributed by atoms with Crippen molar-refractivity contribution in [3.05, 3.63) is 30.1 Å². The molecule has 1 aromatic carbocycles. The molecule has 0 aliphatic carbocycles. The van der Waals surface area contributed by atoms with Crippen molar-refractivity contribution in [2.45, 2.75) is 13.0 Å². The molecule has 0 bridgehead atoms. The lowest BCUT2D eigenvalue weighted by Crippen LogP contribution is -2.24. The van der Waals surface area contributed by atoms with Crippen molar-refractivity contribution in [2.24, 2.45) is 0 Å². The van der Waals surface area contributed by atoms with Crippen molar-refractivity contribution >= 4 is 5.97 Å². The number of carboxylic acids is 1. The molecule has 0 aliphatic heterocycles. The Balaban J connectivity index is 2.18. The number of carbonyl (C=O) groups is 1. The largest absolute Gasteiger partial charge is 0.550 e. The number of halogens is 1. The fraction of sp³-hybridized carbons (Fsp3) is 0.200. The van der Waals surface area contributed by atoms with Gasteiger partial charge in [0.2, 0.25) is 5.82 Å². The lowest BCUT2D eigenvalue weighted by Gasteiger charge is -1.99. The second-order valence-electron chi connectivity index (χ2n) is 3.31. The zero-order valence-corrected chi connectivity index (χ0v) is 8.71. The first-order chi connectivity index (χ1) is 8.16. The lowest BCUT2D eigenvalue weighted by molar-refractivity contribution is -0.306. The van der Waals surface area contributed by atoms with Gasteiger partial charge in [0.15, 0.2) is 0 Å². The molecule has 88 valence electrons. The van der Waals surface area contributed by atoms with Crippen LogP contribution in [-0.4, -0.2) is 26.2 Å². The zero-order chi connectivity index (χ0) is 12.3. The predicted molar refractivity (Wildman–Crippen MR) is 52.8 cm³/mol. The quantitative estimate of drug-likeness (QED) is 0.721. The summed E-state index contributed by atoms with van der Waals surface area (Å²) >= 11 is 0. The van der Waals surface area contributed by atoms with Gasteiger partial charge in [-0.05, 0) is 17.3 Å². The highest BCUT2D eigenvalue weighted by Crippen LogP contribution is 2.16. The minimum Gasteiger partial charge on any atom is -0.550 e. The third kappa shape index (κ3) is 2.63. The van der Waals surface area contributed by atoms with E-state index in [9.17, 15) is 14.3 Å². The molecule has 0 saturated heterocycles. The van der Waals surface area contributed by atoms with Crippen molar-refractivity contribution < 1.29 is 14.3 Å². The Hall–Kier alpha value is -2.31. The molecule has 0 amide bonds. The average Bonchev–Trinajstić information content (AvgIpc) is 2.75. The van der Waals surface area contributed by atoms with Gasteiger partial charge in [-0.15, -0.1) is 10.2 Å². The normalized spacial score (nSPS) is 10.4. The number of rotatable bonds is 4. The van der Waals surface area contributed by atoms with Crippen LogP contribution in [0, 0.1) is 5.82 Å². The minimum absolute atomic E-state index is 0.0454. The Morgan fingerprint density at radius 2 is 2.18 bits per heavy atom. The minimum atomic E-state index is -1.20. The molecule has 1 heterocycles. The topological polar surface area (TPSA) is 83.7 Å². The van der Waals surface area contributed by atoms with Crippen LogP contribution >= 0.6 is 0 Å². The monoisotopic (exact) mass is 235 g/mol. The standard InChI is InChI=1S/C10H9FN4O2/c11-8-4-2-1-3-7(8)10-12-14-15(13-10)6-5-9(16)17/h1-4H,5-6H2,(H,16,17)/p-1. The number of nitrogens with zero attached hydrogens (tertiary/aromatic N) is 4. The number of benzene rings is 1. The summed E-state index contributed by atoms with van der Waals surface area (Å²) in [6, 6.07) is 6.02. The van der Waals surface area contributed by atoms with E-state index in [1.807, 2.05) is 0 Å². The molecule has 0 aliphatic rings. The van der Waals surface area contributed by atoms with Gasteiger partial charge in [-0.3, -0.25) is 0 Å². The molecule has 17 heavy (non-hydrogen) atoms. The van der Waals surface area contributed by atoms with Gasteiger partial charge in [-0.25, -0.2) is 4.39 Å². The van der Waals surface area contributed by atoms with E-state index in [1.165, 1.54) is 12.1 Å². The summed E-state index contributed by atoms with van der Waals surface area (Å²) in [4.78, 5) is 11.3. The fourth-order valence-electron chi connectivity index (χ4n) is 1.28. The van der Waals surface area contributed by atoms with Crippen molar-refractivity contribution in [2.75, 3.05) is 0 Å². The molecule has 0 unspecified atom stereocenters. The van der Waals surface area contributed by atoms with E-state index in [0.29, 0.717) is 0 Å². The number of carbonyl (C=O) groups excluding carboxylic acids is 1. The number of hydrogen-bond donors (Lipinski definition) is 0. The Labute approximate surface area is 95.7 Å². The van der Waals surface area contributed by atoms with Gasteiger partial charge in [-0.1, -0.05) is 12.1 Å². The molecule has 0 radical (unpaired) electrons. The summed E-state index contributed by atoms with van der Waals surface area (Å²) in [5, 5.41) is 21.4. The number of aromatic nitrogens is 4. The predicted octanol–water partition coefficient (Wildman–Crippen LogP) is -0.381. The van der Waals surface area contributed by atoms with Gasteiger partial charge in [0.05, 0.1) is 12.1 Å². The second-order valence-corrected chi connectivity index (χ2v) is 3.31. The molecule has 0 N–H and O–H groups in total. The molecule has 0 saturated carbocycles. The van der Waals surface area contributed by atoms with Crippen LogP contribution in [0.25, 0.3) is 11.4 Å².